The molecule has 10 heteroatoms. The first-order valence-corrected chi connectivity index (χ1v) is 9.63. The van der Waals surface area contributed by atoms with Gasteiger partial charge in [0, 0.05) is 23.2 Å². The van der Waals surface area contributed by atoms with Crippen molar-refractivity contribution >= 4 is 34.1 Å². The van der Waals surface area contributed by atoms with E-state index < -0.39 is 17.9 Å². The fourth-order valence-corrected chi connectivity index (χ4v) is 3.16. The van der Waals surface area contributed by atoms with Gasteiger partial charge in [0.1, 0.15) is 0 Å². The second kappa shape index (κ2) is 8.95. The van der Waals surface area contributed by atoms with Gasteiger partial charge in [-0.05, 0) is 36.8 Å². The van der Waals surface area contributed by atoms with Crippen LogP contribution < -0.4 is 16.0 Å². The minimum absolute atomic E-state index is 0.109. The van der Waals surface area contributed by atoms with Crippen molar-refractivity contribution in [2.75, 3.05) is 10.6 Å². The summed E-state index contributed by atoms with van der Waals surface area (Å²) in [6.07, 6.45) is -4.56. The second-order valence-corrected chi connectivity index (χ2v) is 7.22. The number of amides is 3. The fourth-order valence-electron chi connectivity index (χ4n) is 2.45. The lowest BCUT2D eigenvalue weighted by atomic mass is 10.1. The molecule has 1 heterocycles. The maximum atomic E-state index is 12.5. The van der Waals surface area contributed by atoms with Gasteiger partial charge in [0.25, 0.3) is 5.91 Å². The molecule has 0 atom stereocenters. The van der Waals surface area contributed by atoms with Crippen LogP contribution in [-0.4, -0.2) is 16.9 Å². The summed E-state index contributed by atoms with van der Waals surface area (Å²) in [5.74, 6) is -0.262. The number of anilines is 2. The van der Waals surface area contributed by atoms with Gasteiger partial charge >= 0.3 is 12.2 Å². The number of thiazole rings is 1. The lowest BCUT2D eigenvalue weighted by Crippen LogP contribution is -2.28. The molecule has 0 aliphatic heterocycles. The number of alkyl halides is 3. The third-order valence-electron chi connectivity index (χ3n) is 3.97. The molecule has 0 saturated carbocycles. The van der Waals surface area contributed by atoms with Gasteiger partial charge in [-0.25, -0.2) is 9.78 Å². The van der Waals surface area contributed by atoms with E-state index in [9.17, 15) is 22.8 Å². The highest BCUT2D eigenvalue weighted by Crippen LogP contribution is 2.31. The van der Waals surface area contributed by atoms with Crippen molar-refractivity contribution in [1.82, 2.24) is 10.3 Å². The molecular weight excluding hydrogens is 417 g/mol. The molecule has 3 N–H and O–H groups in total. The first kappa shape index (κ1) is 21.3. The zero-order valence-corrected chi connectivity index (χ0v) is 16.5. The number of aryl methyl sites for hydroxylation is 1. The van der Waals surface area contributed by atoms with Crippen LogP contribution in [0.15, 0.2) is 53.9 Å². The second-order valence-electron chi connectivity index (χ2n) is 6.36. The van der Waals surface area contributed by atoms with Crippen molar-refractivity contribution in [3.8, 4) is 0 Å². The molecule has 156 valence electrons. The number of urea groups is 1. The van der Waals surface area contributed by atoms with Crippen LogP contribution in [-0.2, 0) is 12.7 Å². The Morgan fingerprint density at radius 2 is 1.80 bits per heavy atom. The molecule has 3 amide bonds. The van der Waals surface area contributed by atoms with Crippen molar-refractivity contribution in [2.24, 2.45) is 0 Å². The molecule has 0 unspecified atom stereocenters. The van der Waals surface area contributed by atoms with Crippen LogP contribution in [0.2, 0.25) is 0 Å². The van der Waals surface area contributed by atoms with Crippen LogP contribution in [0.1, 0.15) is 27.2 Å². The van der Waals surface area contributed by atoms with Gasteiger partial charge in [-0.1, -0.05) is 29.8 Å². The normalized spacial score (nSPS) is 11.1. The van der Waals surface area contributed by atoms with E-state index in [1.54, 1.807) is 36.4 Å². The Morgan fingerprint density at radius 3 is 2.47 bits per heavy atom. The van der Waals surface area contributed by atoms with E-state index in [1.165, 1.54) is 0 Å². The molecule has 3 rings (SSSR count). The van der Waals surface area contributed by atoms with Gasteiger partial charge in [0.05, 0.1) is 0 Å². The van der Waals surface area contributed by atoms with Crippen molar-refractivity contribution in [3.05, 3.63) is 76.3 Å². The average molecular weight is 434 g/mol. The molecule has 0 bridgehead atoms. The number of carbonyl (C=O) groups is 2. The zero-order valence-electron chi connectivity index (χ0n) is 15.7. The standard InChI is InChI=1S/C20H17F3N4O2S/c1-12-5-7-14(8-6-12)17(28)25-15-4-2-3-13(9-15)10-24-18(29)27-19-26-16(11-30-19)20(21,22)23/h2-9,11H,10H2,1H3,(H,25,28)(H2,24,26,27,29). The van der Waals surface area contributed by atoms with Crippen LogP contribution in [0, 0.1) is 6.92 Å². The van der Waals surface area contributed by atoms with Crippen LogP contribution in [0.4, 0.5) is 28.8 Å². The number of halogens is 3. The van der Waals surface area contributed by atoms with Gasteiger partial charge in [-0.2, -0.15) is 13.2 Å². The third-order valence-corrected chi connectivity index (χ3v) is 4.72. The largest absolute Gasteiger partial charge is 0.434 e. The molecule has 0 saturated heterocycles. The summed E-state index contributed by atoms with van der Waals surface area (Å²) in [6, 6.07) is 13.3. The molecule has 0 spiro atoms. The molecule has 3 aromatic rings. The van der Waals surface area contributed by atoms with E-state index in [0.717, 1.165) is 10.9 Å². The maximum absolute atomic E-state index is 12.5. The average Bonchev–Trinajstić information content (AvgIpc) is 3.16. The highest BCUT2D eigenvalue weighted by Gasteiger charge is 2.33. The first-order valence-electron chi connectivity index (χ1n) is 8.75. The Bertz CT molecular complexity index is 1050. The Balaban J connectivity index is 1.54. The van der Waals surface area contributed by atoms with Gasteiger partial charge in [0.2, 0.25) is 0 Å². The van der Waals surface area contributed by atoms with Gasteiger partial charge < -0.3 is 10.6 Å². The summed E-state index contributed by atoms with van der Waals surface area (Å²) in [5, 5.41) is 8.26. The molecule has 0 fully saturated rings. The van der Waals surface area contributed by atoms with Crippen molar-refractivity contribution in [3.63, 3.8) is 0 Å². The molecular formula is C20H17F3N4O2S. The monoisotopic (exact) mass is 434 g/mol. The van der Waals surface area contributed by atoms with Gasteiger partial charge in [-0.3, -0.25) is 10.1 Å². The Labute approximate surface area is 174 Å². The third kappa shape index (κ3) is 5.80. The molecule has 30 heavy (non-hydrogen) atoms. The number of hydrogen-bond donors (Lipinski definition) is 3. The number of rotatable bonds is 5. The van der Waals surface area contributed by atoms with Crippen molar-refractivity contribution in [2.45, 2.75) is 19.6 Å². The number of carbonyl (C=O) groups excluding carboxylic acids is 2. The number of aromatic nitrogens is 1. The van der Waals surface area contributed by atoms with Crippen LogP contribution in [0.5, 0.6) is 0 Å². The number of benzene rings is 2. The predicted molar refractivity (Wildman–Crippen MR) is 109 cm³/mol. The maximum Gasteiger partial charge on any atom is 0.434 e. The highest BCUT2D eigenvalue weighted by molar-refractivity contribution is 7.13. The summed E-state index contributed by atoms with van der Waals surface area (Å²) >= 11 is 0.684. The summed E-state index contributed by atoms with van der Waals surface area (Å²) in [4.78, 5) is 27.5. The zero-order chi connectivity index (χ0) is 21.7. The van der Waals surface area contributed by atoms with Crippen LogP contribution in [0.25, 0.3) is 0 Å². The smallest absolute Gasteiger partial charge is 0.334 e. The van der Waals surface area contributed by atoms with Gasteiger partial charge in [-0.15, -0.1) is 11.3 Å². The van der Waals surface area contributed by atoms with E-state index in [1.807, 2.05) is 19.1 Å². The van der Waals surface area contributed by atoms with Crippen molar-refractivity contribution in [1.29, 1.82) is 0 Å². The first-order chi connectivity index (χ1) is 14.2. The summed E-state index contributed by atoms with van der Waals surface area (Å²) in [5.41, 5.74) is 1.76. The highest BCUT2D eigenvalue weighted by atomic mass is 32.1. The number of nitrogens with one attached hydrogen (secondary N) is 3. The van der Waals surface area contributed by atoms with Crippen LogP contribution in [0.3, 0.4) is 0 Å². The summed E-state index contributed by atoms with van der Waals surface area (Å²) in [7, 11) is 0. The van der Waals surface area contributed by atoms with Crippen molar-refractivity contribution < 1.29 is 22.8 Å². The Morgan fingerprint density at radius 1 is 1.07 bits per heavy atom. The van der Waals surface area contributed by atoms with E-state index in [0.29, 0.717) is 28.2 Å². The van der Waals surface area contributed by atoms with Crippen LogP contribution >= 0.6 is 11.3 Å². The SMILES string of the molecule is Cc1ccc(C(=O)Nc2cccc(CNC(=O)Nc3nc(C(F)(F)F)cs3)c2)cc1. The number of hydrogen-bond acceptors (Lipinski definition) is 4. The van der Waals surface area contributed by atoms with Gasteiger partial charge in [0.15, 0.2) is 10.8 Å². The minimum atomic E-state index is -4.56. The number of nitrogens with zero attached hydrogens (tertiary/aromatic N) is 1. The van der Waals surface area contributed by atoms with E-state index in [-0.39, 0.29) is 17.6 Å². The lowest BCUT2D eigenvalue weighted by Gasteiger charge is -2.09. The molecule has 1 aromatic heterocycles. The topological polar surface area (TPSA) is 83.1 Å². The Hall–Kier alpha value is -3.40. The lowest BCUT2D eigenvalue weighted by molar-refractivity contribution is -0.140. The van der Waals surface area contributed by atoms with E-state index in [2.05, 4.69) is 20.9 Å². The molecule has 0 aliphatic rings. The fraction of sp³-hybridized carbons (Fsp3) is 0.150. The quantitative estimate of drug-likeness (QED) is 0.526. The van der Waals surface area contributed by atoms with E-state index in [4.69, 9.17) is 0 Å². The molecule has 0 aliphatic carbocycles. The summed E-state index contributed by atoms with van der Waals surface area (Å²) < 4.78 is 37.6. The Kier molecular flexibility index (Phi) is 6.36. The molecule has 0 radical (unpaired) electrons. The van der Waals surface area contributed by atoms with E-state index >= 15 is 0 Å². The molecule has 6 nitrogen and oxygen atoms in total. The minimum Gasteiger partial charge on any atom is -0.334 e. The summed E-state index contributed by atoms with van der Waals surface area (Å²) in [6.45, 7) is 2.04. The predicted octanol–water partition coefficient (Wildman–Crippen LogP) is 5.04. The molecule has 2 aromatic carbocycles.